The quantitative estimate of drug-likeness (QED) is 0.156. The lowest BCUT2D eigenvalue weighted by molar-refractivity contribution is 0.00578. The molecule has 0 radical (unpaired) electrons. The van der Waals surface area contributed by atoms with Crippen molar-refractivity contribution in [3.63, 3.8) is 0 Å². The van der Waals surface area contributed by atoms with E-state index in [2.05, 4.69) is 305 Å². The molecule has 1 aliphatic heterocycles. The van der Waals surface area contributed by atoms with E-state index in [-0.39, 0.29) is 18.3 Å². The number of benzene rings is 12. The minimum absolute atomic E-state index is 0.340. The third-order valence-electron chi connectivity index (χ3n) is 21.9. The average Bonchev–Trinajstić information content (AvgIpc) is 1.59. The van der Waals surface area contributed by atoms with Crippen molar-refractivity contribution in [1.82, 2.24) is 18.3 Å². The second-order valence-corrected chi connectivity index (χ2v) is 28.6. The van der Waals surface area contributed by atoms with Gasteiger partial charge in [0.2, 0.25) is 0 Å². The Hall–Kier alpha value is -9.70. The van der Waals surface area contributed by atoms with Crippen LogP contribution in [0, 0.1) is 0 Å². The van der Waals surface area contributed by atoms with Crippen molar-refractivity contribution in [3.05, 3.63) is 292 Å². The van der Waals surface area contributed by atoms with Crippen LogP contribution < -0.4 is 5.46 Å². The Morgan fingerprint density at radius 2 is 0.543 bits per heavy atom. The van der Waals surface area contributed by atoms with E-state index >= 15 is 0 Å². The van der Waals surface area contributed by atoms with Gasteiger partial charge in [-0.1, -0.05) is 113 Å². The summed E-state index contributed by atoms with van der Waals surface area (Å²) in [6.07, 6.45) is 9.55. The molecule has 0 amide bonds. The van der Waals surface area contributed by atoms with Gasteiger partial charge in [0.15, 0.2) is 0 Å². The van der Waals surface area contributed by atoms with Gasteiger partial charge >= 0.3 is 7.12 Å². The van der Waals surface area contributed by atoms with Crippen LogP contribution in [0.2, 0.25) is 0 Å². The minimum atomic E-state index is -0.346. The van der Waals surface area contributed by atoms with Crippen molar-refractivity contribution in [1.29, 1.82) is 0 Å². The first-order chi connectivity index (χ1) is 45.9. The highest BCUT2D eigenvalue weighted by Gasteiger charge is 2.52. The Morgan fingerprint density at radius 3 is 0.862 bits per heavy atom. The normalized spacial score (nSPS) is 15.4. The summed E-state index contributed by atoms with van der Waals surface area (Å²) < 4.78 is 23.5. The Kier molecular flexibility index (Phi) is 12.6. The lowest BCUT2D eigenvalue weighted by Crippen LogP contribution is -2.41. The standard InChI is InChI=1S/C40H28N2.C26H26BNO2.C20H14BrN/c1-3-7-31(8-4-1)41-37-17-15-27(19-33(37)35-21-25-11-13-29(25)23-39(35)41)28-16-18-38-34(20-28)36-22-26-12-14-30(26)24-40(36)42(38)32-9-5-2-6-10-32;1-25(2)26(3,4)30-27(29-25)19-12-13-23-22(16-19)21-14-17-10-11-18(17)15-24(21)28(23)20-8-6-5-7-9-20;21-15-8-9-19-18(12-15)17-10-13-6-7-14(13)11-20(17)22(19)16-4-2-1-3-5-16/h1-10,15-24H,11-14H2;5-9,12-16H,10-11H2,1-4H3;1-5,8-12H,6-7H2. The number of fused-ring (bicyclic) bond motifs is 16. The second kappa shape index (κ2) is 21.2. The van der Waals surface area contributed by atoms with E-state index in [1.54, 1.807) is 0 Å². The van der Waals surface area contributed by atoms with Gasteiger partial charge < -0.3 is 27.6 Å². The molecule has 0 saturated carbocycles. The van der Waals surface area contributed by atoms with Gasteiger partial charge in [-0.25, -0.2) is 0 Å². The molecule has 4 aliphatic carbocycles. The maximum Gasteiger partial charge on any atom is 0.494 e. The van der Waals surface area contributed by atoms with Crippen LogP contribution in [0.4, 0.5) is 0 Å². The van der Waals surface area contributed by atoms with Gasteiger partial charge in [-0.3, -0.25) is 0 Å². The molecule has 12 aromatic carbocycles. The van der Waals surface area contributed by atoms with Crippen LogP contribution in [0.15, 0.2) is 247 Å². The highest BCUT2D eigenvalue weighted by Crippen LogP contribution is 2.45. The molecule has 5 aliphatic rings. The third-order valence-corrected chi connectivity index (χ3v) is 22.4. The maximum atomic E-state index is 6.33. The van der Waals surface area contributed by atoms with E-state index in [1.165, 1.54) is 217 Å². The van der Waals surface area contributed by atoms with Crippen LogP contribution in [0.3, 0.4) is 0 Å². The largest absolute Gasteiger partial charge is 0.494 e. The third kappa shape index (κ3) is 8.75. The molecule has 0 spiro atoms. The van der Waals surface area contributed by atoms with Crippen molar-refractivity contribution >= 4 is 116 Å². The van der Waals surface area contributed by atoms with Crippen LogP contribution in [-0.2, 0) is 60.7 Å². The zero-order valence-corrected chi connectivity index (χ0v) is 54.9. The summed E-state index contributed by atoms with van der Waals surface area (Å²) in [7, 11) is -0.346. The van der Waals surface area contributed by atoms with Gasteiger partial charge in [-0.15, -0.1) is 0 Å². The van der Waals surface area contributed by atoms with Crippen molar-refractivity contribution in [2.45, 2.75) is 90.3 Å². The summed E-state index contributed by atoms with van der Waals surface area (Å²) in [5.41, 5.74) is 30.0. The van der Waals surface area contributed by atoms with Gasteiger partial charge in [0.05, 0.1) is 55.3 Å². The molecule has 16 aromatic rings. The molecule has 454 valence electrons. The van der Waals surface area contributed by atoms with E-state index in [9.17, 15) is 0 Å². The lowest BCUT2D eigenvalue weighted by atomic mass is 9.78. The van der Waals surface area contributed by atoms with Crippen LogP contribution in [-0.4, -0.2) is 36.6 Å². The van der Waals surface area contributed by atoms with Gasteiger partial charge in [-0.2, -0.15) is 0 Å². The van der Waals surface area contributed by atoms with Crippen LogP contribution in [0.25, 0.3) is 121 Å². The highest BCUT2D eigenvalue weighted by atomic mass is 79.9. The summed E-state index contributed by atoms with van der Waals surface area (Å²) in [5, 5.41) is 10.6. The number of rotatable bonds is 6. The first kappa shape index (κ1) is 55.9. The summed E-state index contributed by atoms with van der Waals surface area (Å²) in [5.74, 6) is 0. The van der Waals surface area contributed by atoms with Crippen molar-refractivity contribution in [2.75, 3.05) is 0 Å². The summed E-state index contributed by atoms with van der Waals surface area (Å²) in [6, 6.07) is 89.6. The molecule has 21 rings (SSSR count). The van der Waals surface area contributed by atoms with Gasteiger partial charge in [0, 0.05) is 70.3 Å². The van der Waals surface area contributed by atoms with E-state index in [4.69, 9.17) is 9.31 Å². The molecular weight excluding hydrogens is 1210 g/mol. The predicted octanol–water partition coefficient (Wildman–Crippen LogP) is 20.6. The lowest BCUT2D eigenvalue weighted by Gasteiger charge is -2.32. The van der Waals surface area contributed by atoms with Crippen molar-refractivity contribution in [2.24, 2.45) is 0 Å². The van der Waals surface area contributed by atoms with E-state index in [0.29, 0.717) is 0 Å². The zero-order chi connectivity index (χ0) is 62.7. The first-order valence-corrected chi connectivity index (χ1v) is 34.4. The zero-order valence-electron chi connectivity index (χ0n) is 53.3. The number of hydrogen-bond donors (Lipinski definition) is 0. The molecule has 6 nitrogen and oxygen atoms in total. The fourth-order valence-corrected chi connectivity index (χ4v) is 16.1. The Labute approximate surface area is 555 Å². The molecule has 94 heavy (non-hydrogen) atoms. The monoisotopic (exact) mass is 1280 g/mol. The molecule has 0 N–H and O–H groups in total. The van der Waals surface area contributed by atoms with Gasteiger partial charge in [0.25, 0.3) is 0 Å². The summed E-state index contributed by atoms with van der Waals surface area (Å²) >= 11 is 3.62. The SMILES string of the molecule is Brc1ccc2c(c1)c1cc3c(cc1n2-c1ccccc1)CC3.CC1(C)OB(c2ccc3c(c2)c2cc4c(cc2n3-c2ccccc2)CC4)OC1(C)C.c1ccc(-n2c3ccc(-c4ccc5c(c4)c4cc6c(cc4n5-c4ccccc4)CC6)cc3c3cc4c(cc32)CC4)cc1. The molecule has 1 saturated heterocycles. The number of aromatic nitrogens is 4. The highest BCUT2D eigenvalue weighted by molar-refractivity contribution is 9.10. The fourth-order valence-electron chi connectivity index (χ4n) is 15.7. The number of halogens is 1. The maximum absolute atomic E-state index is 6.33. The predicted molar refractivity (Wildman–Crippen MR) is 395 cm³/mol. The molecule has 4 aromatic heterocycles. The molecule has 0 atom stereocenters. The number of aryl methyl sites for hydroxylation is 8. The molecular formula is C86H68BBrN4O2. The number of nitrogens with zero attached hydrogens (tertiary/aromatic N) is 4. The number of para-hydroxylation sites is 4. The first-order valence-electron chi connectivity index (χ1n) is 33.6. The summed E-state index contributed by atoms with van der Waals surface area (Å²) in [6.45, 7) is 8.42. The van der Waals surface area contributed by atoms with Gasteiger partial charge in [-0.05, 0) is 286 Å². The average molecular weight is 1280 g/mol. The van der Waals surface area contributed by atoms with E-state index in [0.717, 1.165) is 9.94 Å². The van der Waals surface area contributed by atoms with Gasteiger partial charge in [0.1, 0.15) is 0 Å². The minimum Gasteiger partial charge on any atom is -0.399 e. The summed E-state index contributed by atoms with van der Waals surface area (Å²) in [4.78, 5) is 0. The number of hydrogen-bond acceptors (Lipinski definition) is 2. The second-order valence-electron chi connectivity index (χ2n) is 27.7. The van der Waals surface area contributed by atoms with Crippen molar-refractivity contribution in [3.8, 4) is 33.9 Å². The van der Waals surface area contributed by atoms with Crippen LogP contribution >= 0.6 is 15.9 Å². The Bertz CT molecular complexity index is 5630. The molecule has 5 heterocycles. The fraction of sp³-hybridized carbons (Fsp3) is 0.163. The van der Waals surface area contributed by atoms with E-state index < -0.39 is 0 Å². The molecule has 8 heteroatoms. The van der Waals surface area contributed by atoms with E-state index in [1.807, 2.05) is 0 Å². The smallest absolute Gasteiger partial charge is 0.399 e. The molecule has 1 fully saturated rings. The Morgan fingerprint density at radius 1 is 0.277 bits per heavy atom. The molecule has 0 bridgehead atoms. The molecule has 0 unspecified atom stereocenters. The Balaban J connectivity index is 0.000000106. The topological polar surface area (TPSA) is 38.2 Å². The van der Waals surface area contributed by atoms with Crippen LogP contribution in [0.1, 0.15) is 72.2 Å². The van der Waals surface area contributed by atoms with Crippen molar-refractivity contribution < 1.29 is 9.31 Å². The van der Waals surface area contributed by atoms with Crippen LogP contribution in [0.5, 0.6) is 0 Å².